The molecule has 0 unspecified atom stereocenters. The summed E-state index contributed by atoms with van der Waals surface area (Å²) in [7, 11) is 1.93. The van der Waals surface area contributed by atoms with Gasteiger partial charge in [0.2, 0.25) is 0 Å². The average Bonchev–Trinajstić information content (AvgIpc) is 2.27. The van der Waals surface area contributed by atoms with Crippen LogP contribution in [0.15, 0.2) is 0 Å². The van der Waals surface area contributed by atoms with Crippen LogP contribution in [0.1, 0.15) is 13.8 Å². The van der Waals surface area contributed by atoms with Gasteiger partial charge in [-0.1, -0.05) is 0 Å². The van der Waals surface area contributed by atoms with Crippen molar-refractivity contribution in [3.05, 3.63) is 0 Å². The highest BCUT2D eigenvalue weighted by molar-refractivity contribution is 5.94. The van der Waals surface area contributed by atoms with Crippen LogP contribution in [0.2, 0.25) is 0 Å². The van der Waals surface area contributed by atoms with Crippen molar-refractivity contribution < 1.29 is 24.2 Å². The number of carbonyl (C=O) groups excluding carboxylic acids is 2. The van der Waals surface area contributed by atoms with Crippen LogP contribution in [0.5, 0.6) is 0 Å². The van der Waals surface area contributed by atoms with Gasteiger partial charge in [-0.05, 0) is 20.9 Å². The van der Waals surface area contributed by atoms with Gasteiger partial charge in [-0.2, -0.15) is 0 Å². The second kappa shape index (κ2) is 9.29. The molecule has 0 rings (SSSR count). The number of amides is 3. The zero-order chi connectivity index (χ0) is 14.8. The molecular formula is C11H21N3O5. The predicted octanol–water partition coefficient (Wildman–Crippen LogP) is -0.746. The zero-order valence-corrected chi connectivity index (χ0v) is 11.4. The van der Waals surface area contributed by atoms with E-state index in [1.165, 1.54) is 0 Å². The van der Waals surface area contributed by atoms with E-state index in [9.17, 15) is 14.4 Å². The van der Waals surface area contributed by atoms with E-state index in [1.807, 2.05) is 31.1 Å². The van der Waals surface area contributed by atoms with E-state index < -0.39 is 31.1 Å². The summed E-state index contributed by atoms with van der Waals surface area (Å²) in [6.45, 7) is 4.09. The summed E-state index contributed by atoms with van der Waals surface area (Å²) in [6, 6.07) is -0.253. The summed E-state index contributed by atoms with van der Waals surface area (Å²) < 4.78 is 4.53. The molecule has 0 heterocycles. The molecule has 8 heteroatoms. The van der Waals surface area contributed by atoms with Crippen molar-refractivity contribution in [3.63, 3.8) is 0 Å². The standard InChI is InChI=1S/C11H21N3O5/c1-8(2)14(3)5-4-12-11(18)13-9(15)6-19-7-10(16)17/h8H,4-7H2,1-3H3,(H,16,17)(H2,12,13,15,18). The van der Waals surface area contributed by atoms with Crippen LogP contribution in [0.3, 0.4) is 0 Å². The number of nitrogens with one attached hydrogen (secondary N) is 2. The molecule has 0 bridgehead atoms. The summed E-state index contributed by atoms with van der Waals surface area (Å²) in [5.74, 6) is -1.86. The minimum Gasteiger partial charge on any atom is -0.480 e. The maximum Gasteiger partial charge on any atom is 0.329 e. The highest BCUT2D eigenvalue weighted by Crippen LogP contribution is 1.90. The topological polar surface area (TPSA) is 108 Å². The van der Waals surface area contributed by atoms with Gasteiger partial charge in [0.15, 0.2) is 0 Å². The number of hydrogen-bond donors (Lipinski definition) is 3. The number of ether oxygens (including phenoxy) is 1. The number of likely N-dealkylation sites (N-methyl/N-ethyl adjacent to an activating group) is 1. The summed E-state index contributed by atoms with van der Waals surface area (Å²) in [4.78, 5) is 34.6. The number of aliphatic carboxylic acids is 1. The molecule has 3 amide bonds. The smallest absolute Gasteiger partial charge is 0.329 e. The van der Waals surface area contributed by atoms with Crippen LogP contribution in [0.25, 0.3) is 0 Å². The highest BCUT2D eigenvalue weighted by atomic mass is 16.5. The monoisotopic (exact) mass is 275 g/mol. The van der Waals surface area contributed by atoms with Gasteiger partial charge in [0.1, 0.15) is 13.2 Å². The lowest BCUT2D eigenvalue weighted by Gasteiger charge is -2.20. The molecule has 3 N–H and O–H groups in total. The van der Waals surface area contributed by atoms with Crippen molar-refractivity contribution in [3.8, 4) is 0 Å². The fourth-order valence-corrected chi connectivity index (χ4v) is 1.04. The van der Waals surface area contributed by atoms with E-state index in [-0.39, 0.29) is 0 Å². The van der Waals surface area contributed by atoms with Crippen LogP contribution in [0, 0.1) is 0 Å². The van der Waals surface area contributed by atoms with Crippen molar-refractivity contribution in [2.24, 2.45) is 0 Å². The molecule has 0 aliphatic carbocycles. The van der Waals surface area contributed by atoms with Gasteiger partial charge in [0.25, 0.3) is 5.91 Å². The first-order chi connectivity index (χ1) is 8.82. The Hall–Kier alpha value is -1.67. The van der Waals surface area contributed by atoms with Gasteiger partial charge in [0.05, 0.1) is 0 Å². The molecule has 8 nitrogen and oxygen atoms in total. The number of rotatable bonds is 8. The Morgan fingerprint density at radius 2 is 1.89 bits per heavy atom. The van der Waals surface area contributed by atoms with Gasteiger partial charge in [-0.25, -0.2) is 9.59 Å². The molecule has 0 saturated carbocycles. The number of carbonyl (C=O) groups is 3. The van der Waals surface area contributed by atoms with Crippen LogP contribution in [-0.4, -0.2) is 67.3 Å². The summed E-state index contributed by atoms with van der Waals surface area (Å²) in [6.07, 6.45) is 0. The first kappa shape index (κ1) is 17.3. The fourth-order valence-electron chi connectivity index (χ4n) is 1.04. The molecule has 0 atom stereocenters. The van der Waals surface area contributed by atoms with Crippen LogP contribution < -0.4 is 10.6 Å². The minimum atomic E-state index is -1.17. The average molecular weight is 275 g/mol. The maximum atomic E-state index is 11.3. The molecule has 0 aliphatic rings. The molecule has 0 aromatic heterocycles. The number of carboxylic acid groups (broad SMARTS) is 1. The Morgan fingerprint density at radius 1 is 1.26 bits per heavy atom. The van der Waals surface area contributed by atoms with E-state index in [4.69, 9.17) is 5.11 Å². The Labute approximate surface area is 112 Å². The van der Waals surface area contributed by atoms with E-state index in [1.54, 1.807) is 0 Å². The van der Waals surface area contributed by atoms with Crippen molar-refractivity contribution in [2.75, 3.05) is 33.4 Å². The second-order valence-electron chi connectivity index (χ2n) is 4.26. The maximum absolute atomic E-state index is 11.3. The number of urea groups is 1. The van der Waals surface area contributed by atoms with Gasteiger partial charge >= 0.3 is 12.0 Å². The van der Waals surface area contributed by atoms with E-state index in [0.717, 1.165) is 0 Å². The normalized spacial score (nSPS) is 10.6. The molecule has 0 aromatic carbocycles. The van der Waals surface area contributed by atoms with Gasteiger partial charge < -0.3 is 20.1 Å². The lowest BCUT2D eigenvalue weighted by atomic mass is 10.3. The Morgan fingerprint density at radius 3 is 2.42 bits per heavy atom. The molecule has 110 valence electrons. The van der Waals surface area contributed by atoms with Crippen molar-refractivity contribution in [2.45, 2.75) is 19.9 Å². The van der Waals surface area contributed by atoms with Gasteiger partial charge in [-0.3, -0.25) is 10.1 Å². The molecule has 0 saturated heterocycles. The third-order valence-corrected chi connectivity index (χ3v) is 2.34. The highest BCUT2D eigenvalue weighted by Gasteiger charge is 2.09. The lowest BCUT2D eigenvalue weighted by molar-refractivity contribution is -0.143. The lowest BCUT2D eigenvalue weighted by Crippen LogP contribution is -2.44. The van der Waals surface area contributed by atoms with Gasteiger partial charge in [0, 0.05) is 19.1 Å². The first-order valence-corrected chi connectivity index (χ1v) is 5.90. The van der Waals surface area contributed by atoms with Crippen LogP contribution in [0.4, 0.5) is 4.79 Å². The Bertz CT molecular complexity index is 319. The number of nitrogens with zero attached hydrogens (tertiary/aromatic N) is 1. The molecule has 0 aliphatic heterocycles. The first-order valence-electron chi connectivity index (χ1n) is 5.90. The van der Waals surface area contributed by atoms with Crippen LogP contribution in [-0.2, 0) is 14.3 Å². The predicted molar refractivity (Wildman–Crippen MR) is 67.8 cm³/mol. The third-order valence-electron chi connectivity index (χ3n) is 2.34. The second-order valence-corrected chi connectivity index (χ2v) is 4.26. The summed E-state index contributed by atoms with van der Waals surface area (Å²) >= 11 is 0. The molecular weight excluding hydrogens is 254 g/mol. The summed E-state index contributed by atoms with van der Waals surface area (Å²) in [5.41, 5.74) is 0. The summed E-state index contributed by atoms with van der Waals surface area (Å²) in [5, 5.41) is 12.8. The van der Waals surface area contributed by atoms with E-state index >= 15 is 0 Å². The number of hydrogen-bond acceptors (Lipinski definition) is 5. The van der Waals surface area contributed by atoms with Crippen molar-refractivity contribution in [1.29, 1.82) is 0 Å². The van der Waals surface area contributed by atoms with Gasteiger partial charge in [-0.15, -0.1) is 0 Å². The molecule has 0 aromatic rings. The molecule has 19 heavy (non-hydrogen) atoms. The Balaban J connectivity index is 3.68. The zero-order valence-electron chi connectivity index (χ0n) is 11.4. The molecule has 0 fully saturated rings. The SMILES string of the molecule is CC(C)N(C)CCNC(=O)NC(=O)COCC(=O)O. The quantitative estimate of drug-likeness (QED) is 0.538. The van der Waals surface area contributed by atoms with E-state index in [0.29, 0.717) is 19.1 Å². The Kier molecular flexibility index (Phi) is 8.47. The number of imide groups is 1. The van der Waals surface area contributed by atoms with Crippen LogP contribution >= 0.6 is 0 Å². The van der Waals surface area contributed by atoms with Crippen molar-refractivity contribution in [1.82, 2.24) is 15.5 Å². The number of carboxylic acids is 1. The molecule has 0 spiro atoms. The third kappa shape index (κ3) is 9.98. The van der Waals surface area contributed by atoms with Crippen molar-refractivity contribution >= 4 is 17.9 Å². The largest absolute Gasteiger partial charge is 0.480 e. The molecule has 0 radical (unpaired) electrons. The fraction of sp³-hybridized carbons (Fsp3) is 0.727. The van der Waals surface area contributed by atoms with E-state index in [2.05, 4.69) is 10.1 Å². The minimum absolute atomic E-state index is 0.371.